The highest BCUT2D eigenvalue weighted by Gasteiger charge is 2.37. The van der Waals surface area contributed by atoms with Crippen LogP contribution < -0.4 is 16.4 Å². The van der Waals surface area contributed by atoms with Gasteiger partial charge < -0.3 is 11.5 Å². The first-order chi connectivity index (χ1) is 10.2. The summed E-state index contributed by atoms with van der Waals surface area (Å²) < 4.78 is 0. The molecule has 1 aliphatic rings. The molecule has 1 aromatic rings. The van der Waals surface area contributed by atoms with E-state index in [1.165, 1.54) is 0 Å². The number of aliphatic imine (C=N–C) groups is 2. The molecule has 0 bridgehead atoms. The van der Waals surface area contributed by atoms with E-state index in [2.05, 4.69) is 23.8 Å². The Labute approximate surface area is 141 Å². The molecule has 0 saturated carbocycles. The van der Waals surface area contributed by atoms with Crippen LogP contribution in [-0.2, 0) is 0 Å². The number of hydrogen-bond acceptors (Lipinski definition) is 5. The van der Waals surface area contributed by atoms with Crippen molar-refractivity contribution in [3.63, 3.8) is 0 Å². The summed E-state index contributed by atoms with van der Waals surface area (Å²) in [6.45, 7) is 6.33. The fraction of sp³-hybridized carbons (Fsp3) is 0.467. The molecule has 2 rings (SSSR count). The smallest absolute Gasteiger partial charge is 0.220 e. The van der Waals surface area contributed by atoms with Gasteiger partial charge in [0.25, 0.3) is 0 Å². The SMILES string of the molecule is CC(C)CCC1(C)N=C(N)N=C(N)N1c1ccc(Cl)c(Cl)c1. The molecule has 1 atom stereocenters. The minimum Gasteiger partial charge on any atom is -0.369 e. The Morgan fingerprint density at radius 3 is 2.50 bits per heavy atom. The van der Waals surface area contributed by atoms with Crippen LogP contribution in [0.1, 0.15) is 33.6 Å². The first-order valence-electron chi connectivity index (χ1n) is 7.18. The zero-order valence-electron chi connectivity index (χ0n) is 13.0. The minimum absolute atomic E-state index is 0.195. The molecule has 1 heterocycles. The number of nitrogens with two attached hydrogens (primary N) is 2. The lowest BCUT2D eigenvalue weighted by molar-refractivity contribution is 0.394. The van der Waals surface area contributed by atoms with E-state index in [9.17, 15) is 0 Å². The quantitative estimate of drug-likeness (QED) is 0.877. The number of halogens is 2. The molecular weight excluding hydrogens is 321 g/mol. The summed E-state index contributed by atoms with van der Waals surface area (Å²) in [4.78, 5) is 10.5. The van der Waals surface area contributed by atoms with Crippen molar-refractivity contribution in [1.82, 2.24) is 0 Å². The molecule has 4 N–H and O–H groups in total. The highest BCUT2D eigenvalue weighted by molar-refractivity contribution is 6.42. The van der Waals surface area contributed by atoms with Gasteiger partial charge in [-0.1, -0.05) is 37.0 Å². The lowest BCUT2D eigenvalue weighted by atomic mass is 9.97. The highest BCUT2D eigenvalue weighted by atomic mass is 35.5. The van der Waals surface area contributed by atoms with Gasteiger partial charge in [-0.3, -0.25) is 4.90 Å². The van der Waals surface area contributed by atoms with Crippen molar-refractivity contribution in [3.8, 4) is 0 Å². The lowest BCUT2D eigenvalue weighted by Gasteiger charge is -2.41. The Morgan fingerprint density at radius 1 is 1.23 bits per heavy atom. The van der Waals surface area contributed by atoms with Crippen LogP contribution in [0.4, 0.5) is 5.69 Å². The first kappa shape index (κ1) is 16.9. The number of nitrogens with zero attached hydrogens (tertiary/aromatic N) is 3. The van der Waals surface area contributed by atoms with Crippen LogP contribution in [0.2, 0.25) is 10.0 Å². The molecular formula is C15H21Cl2N5. The third kappa shape index (κ3) is 3.47. The maximum absolute atomic E-state index is 6.13. The van der Waals surface area contributed by atoms with Crippen LogP contribution in [-0.4, -0.2) is 17.6 Å². The molecule has 0 radical (unpaired) electrons. The molecule has 5 nitrogen and oxygen atoms in total. The molecule has 22 heavy (non-hydrogen) atoms. The van der Waals surface area contributed by atoms with Crippen molar-refractivity contribution >= 4 is 40.8 Å². The van der Waals surface area contributed by atoms with E-state index >= 15 is 0 Å². The van der Waals surface area contributed by atoms with E-state index in [0.29, 0.717) is 21.9 Å². The summed E-state index contributed by atoms with van der Waals surface area (Å²) in [5, 5.41) is 0.950. The lowest BCUT2D eigenvalue weighted by Crippen LogP contribution is -2.56. The molecule has 1 aromatic carbocycles. The van der Waals surface area contributed by atoms with Crippen molar-refractivity contribution < 1.29 is 0 Å². The van der Waals surface area contributed by atoms with Gasteiger partial charge in [-0.25, -0.2) is 4.99 Å². The van der Waals surface area contributed by atoms with Crippen molar-refractivity contribution in [1.29, 1.82) is 0 Å². The standard InChI is InChI=1S/C15H21Cl2N5/c1-9(2)6-7-15(3)21-13(18)20-14(19)22(15)10-4-5-11(16)12(17)8-10/h4-5,8-9H,6-7H2,1-3H3,(H4,18,19,20,21). The van der Waals surface area contributed by atoms with E-state index in [1.54, 1.807) is 12.1 Å². The number of hydrogen-bond donors (Lipinski definition) is 2. The maximum Gasteiger partial charge on any atom is 0.220 e. The molecule has 0 spiro atoms. The fourth-order valence-corrected chi connectivity index (χ4v) is 2.79. The Kier molecular flexibility index (Phi) is 4.87. The van der Waals surface area contributed by atoms with Crippen molar-refractivity contribution in [3.05, 3.63) is 28.2 Å². The summed E-state index contributed by atoms with van der Waals surface area (Å²) in [5.41, 5.74) is 12.1. The van der Waals surface area contributed by atoms with Gasteiger partial charge in [-0.15, -0.1) is 0 Å². The maximum atomic E-state index is 6.13. The van der Waals surface area contributed by atoms with Gasteiger partial charge in [0.05, 0.1) is 10.0 Å². The second kappa shape index (κ2) is 6.34. The van der Waals surface area contributed by atoms with E-state index in [1.807, 2.05) is 17.9 Å². The normalized spacial score (nSPS) is 21.8. The monoisotopic (exact) mass is 341 g/mol. The number of anilines is 1. The van der Waals surface area contributed by atoms with Crippen molar-refractivity contribution in [2.45, 2.75) is 39.3 Å². The van der Waals surface area contributed by atoms with Gasteiger partial charge in [0.15, 0.2) is 0 Å². The molecule has 0 amide bonds. The van der Waals surface area contributed by atoms with Crippen LogP contribution in [0.25, 0.3) is 0 Å². The van der Waals surface area contributed by atoms with Gasteiger partial charge in [0.1, 0.15) is 5.66 Å². The van der Waals surface area contributed by atoms with E-state index < -0.39 is 5.66 Å². The summed E-state index contributed by atoms with van der Waals surface area (Å²) >= 11 is 12.1. The number of guanidine groups is 2. The molecule has 7 heteroatoms. The first-order valence-corrected chi connectivity index (χ1v) is 7.93. The second-order valence-corrected chi connectivity index (χ2v) is 6.84. The van der Waals surface area contributed by atoms with Gasteiger partial charge >= 0.3 is 0 Å². The topological polar surface area (TPSA) is 80.0 Å². The summed E-state index contributed by atoms with van der Waals surface area (Å²) in [6, 6.07) is 5.34. The Balaban J connectivity index is 2.44. The predicted molar refractivity (Wildman–Crippen MR) is 94.7 cm³/mol. The summed E-state index contributed by atoms with van der Waals surface area (Å²) in [5.74, 6) is 1.04. The van der Waals surface area contributed by atoms with Gasteiger partial charge in [0.2, 0.25) is 11.9 Å². The number of rotatable bonds is 4. The minimum atomic E-state index is -0.600. The molecule has 1 aliphatic heterocycles. The van der Waals surface area contributed by atoms with Crippen molar-refractivity contribution in [2.75, 3.05) is 4.90 Å². The molecule has 120 valence electrons. The van der Waals surface area contributed by atoms with Gasteiger partial charge in [-0.05, 0) is 43.9 Å². The molecule has 0 aliphatic carbocycles. The highest BCUT2D eigenvalue weighted by Crippen LogP contribution is 2.35. The molecule has 0 saturated heterocycles. The van der Waals surface area contributed by atoms with Crippen molar-refractivity contribution in [2.24, 2.45) is 27.4 Å². The van der Waals surface area contributed by atoms with E-state index in [0.717, 1.165) is 18.5 Å². The average Bonchev–Trinajstić information content (AvgIpc) is 2.39. The van der Waals surface area contributed by atoms with Crippen LogP contribution in [0.15, 0.2) is 28.2 Å². The van der Waals surface area contributed by atoms with Crippen LogP contribution >= 0.6 is 23.2 Å². The zero-order chi connectivity index (χ0) is 16.5. The Hall–Kier alpha value is -1.46. The molecule has 0 aromatic heterocycles. The summed E-state index contributed by atoms with van der Waals surface area (Å²) in [6.07, 6.45) is 1.78. The predicted octanol–water partition coefficient (Wildman–Crippen LogP) is 3.60. The largest absolute Gasteiger partial charge is 0.369 e. The van der Waals surface area contributed by atoms with E-state index in [-0.39, 0.29) is 5.96 Å². The fourth-order valence-electron chi connectivity index (χ4n) is 2.50. The Bertz CT molecular complexity index is 626. The zero-order valence-corrected chi connectivity index (χ0v) is 14.5. The summed E-state index contributed by atoms with van der Waals surface area (Å²) in [7, 11) is 0. The average molecular weight is 342 g/mol. The Morgan fingerprint density at radius 2 is 1.91 bits per heavy atom. The molecule has 1 unspecified atom stereocenters. The van der Waals surface area contributed by atoms with Gasteiger partial charge in [-0.2, -0.15) is 4.99 Å². The molecule has 0 fully saturated rings. The van der Waals surface area contributed by atoms with Gasteiger partial charge in [0, 0.05) is 5.69 Å². The third-order valence-electron chi connectivity index (χ3n) is 3.65. The third-order valence-corrected chi connectivity index (χ3v) is 4.39. The van der Waals surface area contributed by atoms with Crippen LogP contribution in [0.3, 0.4) is 0 Å². The number of benzene rings is 1. The van der Waals surface area contributed by atoms with Crippen LogP contribution in [0, 0.1) is 5.92 Å². The second-order valence-electron chi connectivity index (χ2n) is 6.02. The van der Waals surface area contributed by atoms with Crippen LogP contribution in [0.5, 0.6) is 0 Å². The van der Waals surface area contributed by atoms with E-state index in [4.69, 9.17) is 34.7 Å².